The van der Waals surface area contributed by atoms with Crippen LogP contribution < -0.4 is 10.6 Å². The van der Waals surface area contributed by atoms with Crippen molar-refractivity contribution >= 4 is 44.8 Å². The summed E-state index contributed by atoms with van der Waals surface area (Å²) in [7, 11) is 0. The number of aryl methyl sites for hydroxylation is 1. The third kappa shape index (κ3) is 4.07. The smallest absolute Gasteiger partial charge is 0.334 e. The average molecular weight is 401 g/mol. The number of anilines is 4. The predicted molar refractivity (Wildman–Crippen MR) is 98.4 cm³/mol. The number of aromatic nitrogens is 3. The lowest BCUT2D eigenvalue weighted by molar-refractivity contribution is -0.383. The summed E-state index contributed by atoms with van der Waals surface area (Å²) in [4.78, 5) is 23.3. The van der Waals surface area contributed by atoms with E-state index in [0.29, 0.717) is 11.5 Å². The van der Waals surface area contributed by atoms with Crippen LogP contribution in [-0.2, 0) is 0 Å². The molecule has 0 bridgehead atoms. The summed E-state index contributed by atoms with van der Waals surface area (Å²) in [6, 6.07) is 12.6. The van der Waals surface area contributed by atoms with Crippen LogP contribution in [0.4, 0.5) is 28.8 Å². The fraction of sp³-hybridized carbons (Fsp3) is 0.0625. The molecule has 1 aromatic carbocycles. The fourth-order valence-corrected chi connectivity index (χ4v) is 2.57. The van der Waals surface area contributed by atoms with E-state index in [1.54, 1.807) is 24.3 Å². The van der Waals surface area contributed by atoms with Gasteiger partial charge in [-0.15, -0.1) is 0 Å². The molecule has 0 atom stereocenters. The molecule has 0 aliphatic rings. The number of hydrogen-bond donors (Lipinski definition) is 2. The van der Waals surface area contributed by atoms with Gasteiger partial charge in [0.25, 0.3) is 0 Å². The Morgan fingerprint density at radius 1 is 1.08 bits per heavy atom. The van der Waals surface area contributed by atoms with E-state index in [0.717, 1.165) is 10.2 Å². The number of benzene rings is 1. The highest BCUT2D eigenvalue weighted by molar-refractivity contribution is 9.10. The van der Waals surface area contributed by atoms with Gasteiger partial charge in [0.2, 0.25) is 11.6 Å². The molecule has 25 heavy (non-hydrogen) atoms. The minimum Gasteiger partial charge on any atom is -0.334 e. The monoisotopic (exact) mass is 400 g/mol. The second-order valence-electron chi connectivity index (χ2n) is 5.10. The molecule has 0 unspecified atom stereocenters. The first kappa shape index (κ1) is 16.8. The summed E-state index contributed by atoms with van der Waals surface area (Å²) >= 11 is 3.36. The lowest BCUT2D eigenvalue weighted by Crippen LogP contribution is -2.06. The molecule has 0 aliphatic heterocycles. The quantitative estimate of drug-likeness (QED) is 0.484. The van der Waals surface area contributed by atoms with Gasteiger partial charge in [0.05, 0.1) is 4.92 Å². The zero-order chi connectivity index (χ0) is 17.8. The van der Waals surface area contributed by atoms with Gasteiger partial charge in [-0.3, -0.25) is 10.1 Å². The summed E-state index contributed by atoms with van der Waals surface area (Å²) in [5.41, 5.74) is 1.19. The van der Waals surface area contributed by atoms with E-state index >= 15 is 0 Å². The van der Waals surface area contributed by atoms with E-state index in [1.165, 1.54) is 6.33 Å². The minimum atomic E-state index is -0.529. The molecule has 2 aromatic heterocycles. The molecule has 0 amide bonds. The van der Waals surface area contributed by atoms with E-state index in [9.17, 15) is 10.1 Å². The van der Waals surface area contributed by atoms with Gasteiger partial charge in [-0.1, -0.05) is 28.1 Å². The van der Waals surface area contributed by atoms with Crippen LogP contribution in [0, 0.1) is 17.0 Å². The minimum absolute atomic E-state index is 0.0654. The number of halogens is 1. The molecule has 9 heteroatoms. The number of nitrogens with one attached hydrogen (secondary N) is 2. The topological polar surface area (TPSA) is 106 Å². The molecular weight excluding hydrogens is 388 g/mol. The summed E-state index contributed by atoms with van der Waals surface area (Å²) in [5.74, 6) is 0.624. The van der Waals surface area contributed by atoms with Gasteiger partial charge in [-0.05, 0) is 37.3 Å². The van der Waals surface area contributed by atoms with E-state index in [1.807, 2.05) is 25.1 Å². The molecule has 126 valence electrons. The summed E-state index contributed by atoms with van der Waals surface area (Å²) in [5, 5.41) is 17.4. The Labute approximate surface area is 151 Å². The zero-order valence-corrected chi connectivity index (χ0v) is 14.7. The van der Waals surface area contributed by atoms with Gasteiger partial charge in [-0.2, -0.15) is 0 Å². The van der Waals surface area contributed by atoms with Gasteiger partial charge >= 0.3 is 5.69 Å². The molecule has 3 rings (SSSR count). The van der Waals surface area contributed by atoms with Gasteiger partial charge in [0.15, 0.2) is 0 Å². The zero-order valence-electron chi connectivity index (χ0n) is 13.1. The van der Waals surface area contributed by atoms with Crippen LogP contribution in [0.15, 0.2) is 53.3 Å². The van der Waals surface area contributed by atoms with Crippen molar-refractivity contribution in [2.75, 3.05) is 10.6 Å². The van der Waals surface area contributed by atoms with Gasteiger partial charge < -0.3 is 10.6 Å². The number of pyridine rings is 1. The van der Waals surface area contributed by atoms with Crippen LogP contribution in [0.5, 0.6) is 0 Å². The Morgan fingerprint density at radius 3 is 2.48 bits per heavy atom. The van der Waals surface area contributed by atoms with Crippen molar-refractivity contribution in [1.82, 2.24) is 15.0 Å². The third-order valence-electron chi connectivity index (χ3n) is 3.23. The Morgan fingerprint density at radius 2 is 1.80 bits per heavy atom. The summed E-state index contributed by atoms with van der Waals surface area (Å²) < 4.78 is 0.844. The molecular formula is C16H13BrN6O2. The SMILES string of the molecule is Cc1cccc(Nc2ncnc(Nc3cccc(Br)c3)c2[N+](=O)[O-])n1. The van der Waals surface area contributed by atoms with Crippen molar-refractivity contribution in [2.45, 2.75) is 6.92 Å². The Balaban J connectivity index is 1.98. The normalized spacial score (nSPS) is 10.3. The van der Waals surface area contributed by atoms with Crippen LogP contribution in [0.3, 0.4) is 0 Å². The van der Waals surface area contributed by atoms with Crippen LogP contribution >= 0.6 is 15.9 Å². The average Bonchev–Trinajstić information content (AvgIpc) is 2.55. The van der Waals surface area contributed by atoms with Gasteiger partial charge in [0, 0.05) is 15.9 Å². The third-order valence-corrected chi connectivity index (χ3v) is 3.72. The molecule has 2 heterocycles. The number of nitrogens with zero attached hydrogens (tertiary/aromatic N) is 4. The van der Waals surface area contributed by atoms with Crippen LogP contribution in [0.25, 0.3) is 0 Å². The highest BCUT2D eigenvalue weighted by Gasteiger charge is 2.23. The molecule has 0 fully saturated rings. The van der Waals surface area contributed by atoms with E-state index in [4.69, 9.17) is 0 Å². The van der Waals surface area contributed by atoms with Crippen molar-refractivity contribution in [2.24, 2.45) is 0 Å². The second kappa shape index (κ2) is 7.22. The number of hydrogen-bond acceptors (Lipinski definition) is 7. The van der Waals surface area contributed by atoms with E-state index < -0.39 is 4.92 Å². The molecule has 0 aliphatic carbocycles. The molecule has 0 saturated carbocycles. The van der Waals surface area contributed by atoms with E-state index in [2.05, 4.69) is 41.5 Å². The lowest BCUT2D eigenvalue weighted by atomic mass is 10.3. The van der Waals surface area contributed by atoms with Crippen LogP contribution in [0.1, 0.15) is 5.69 Å². The largest absolute Gasteiger partial charge is 0.353 e. The fourth-order valence-electron chi connectivity index (χ4n) is 2.17. The maximum atomic E-state index is 11.6. The summed E-state index contributed by atoms with van der Waals surface area (Å²) in [6.07, 6.45) is 1.26. The van der Waals surface area contributed by atoms with Gasteiger partial charge in [0.1, 0.15) is 12.1 Å². The molecule has 2 N–H and O–H groups in total. The van der Waals surface area contributed by atoms with E-state index in [-0.39, 0.29) is 17.3 Å². The molecule has 8 nitrogen and oxygen atoms in total. The summed E-state index contributed by atoms with van der Waals surface area (Å²) in [6.45, 7) is 1.83. The first-order valence-electron chi connectivity index (χ1n) is 7.25. The molecule has 3 aromatic rings. The lowest BCUT2D eigenvalue weighted by Gasteiger charge is -2.10. The maximum absolute atomic E-state index is 11.6. The highest BCUT2D eigenvalue weighted by Crippen LogP contribution is 2.33. The Bertz CT molecular complexity index is 868. The van der Waals surface area contributed by atoms with Crippen LogP contribution in [-0.4, -0.2) is 19.9 Å². The van der Waals surface area contributed by atoms with Crippen molar-refractivity contribution in [3.05, 3.63) is 69.1 Å². The van der Waals surface area contributed by atoms with Crippen LogP contribution in [0.2, 0.25) is 0 Å². The molecule has 0 spiro atoms. The Hall–Kier alpha value is -3.07. The number of rotatable bonds is 5. The van der Waals surface area contributed by atoms with Crippen molar-refractivity contribution in [1.29, 1.82) is 0 Å². The first-order valence-corrected chi connectivity index (χ1v) is 8.05. The van der Waals surface area contributed by atoms with Crippen molar-refractivity contribution in [3.8, 4) is 0 Å². The Kier molecular flexibility index (Phi) is 4.85. The highest BCUT2D eigenvalue weighted by atomic mass is 79.9. The standard InChI is InChI=1S/C16H13BrN6O2/c1-10-4-2-7-13(20-10)22-16-14(23(24)25)15(18-9-19-16)21-12-6-3-5-11(17)8-12/h2-9H,1H3,(H2,18,19,20,21,22). The first-order chi connectivity index (χ1) is 12.0. The molecule has 0 radical (unpaired) electrons. The number of nitro groups is 1. The maximum Gasteiger partial charge on any atom is 0.353 e. The van der Waals surface area contributed by atoms with Crippen molar-refractivity contribution in [3.63, 3.8) is 0 Å². The van der Waals surface area contributed by atoms with Crippen molar-refractivity contribution < 1.29 is 4.92 Å². The van der Waals surface area contributed by atoms with Gasteiger partial charge in [-0.25, -0.2) is 15.0 Å². The predicted octanol–water partition coefficient (Wildman–Crippen LogP) is 4.34. The molecule has 0 saturated heterocycles. The second-order valence-corrected chi connectivity index (χ2v) is 6.02.